The Kier molecular flexibility index (Phi) is 5.51. The van der Waals surface area contributed by atoms with Crippen LogP contribution >= 0.6 is 11.9 Å². The van der Waals surface area contributed by atoms with Gasteiger partial charge in [-0.1, -0.05) is 0 Å². The van der Waals surface area contributed by atoms with Crippen LogP contribution in [0, 0.1) is 0 Å². The zero-order valence-electron chi connectivity index (χ0n) is 8.43. The summed E-state index contributed by atoms with van der Waals surface area (Å²) in [4.78, 5) is 23.1. The number of carbonyl (C=O) groups is 2. The number of halogens is 3. The van der Waals surface area contributed by atoms with Gasteiger partial charge in [0.2, 0.25) is 0 Å². The minimum Gasteiger partial charge on any atom is -0.475 e. The van der Waals surface area contributed by atoms with Crippen molar-refractivity contribution in [1.82, 2.24) is 8.96 Å². The maximum Gasteiger partial charge on any atom is 0.490 e. The first kappa shape index (κ1) is 15.3. The van der Waals surface area contributed by atoms with Crippen molar-refractivity contribution in [3.05, 3.63) is 18.2 Å². The monoisotopic (exact) mass is 271 g/mol. The van der Waals surface area contributed by atoms with Crippen LogP contribution in [0.2, 0.25) is 0 Å². The third-order valence-corrected chi connectivity index (χ3v) is 1.89. The second kappa shape index (κ2) is 6.13. The number of primary amides is 1. The number of imidazole rings is 1. The first-order valence-corrected chi connectivity index (χ1v) is 5.05. The van der Waals surface area contributed by atoms with Crippen molar-refractivity contribution in [3.8, 4) is 0 Å². The molecule has 0 aliphatic rings. The Morgan fingerprint density at radius 2 is 2.00 bits per heavy atom. The Morgan fingerprint density at radius 3 is 2.18 bits per heavy atom. The molecule has 1 aromatic heterocycles. The highest BCUT2D eigenvalue weighted by molar-refractivity contribution is 7.97. The van der Waals surface area contributed by atoms with Crippen molar-refractivity contribution in [2.24, 2.45) is 5.73 Å². The standard InChI is InChI=1S/C5H7N3OS.C2HF3O2/c1-10-8-2-4(5(6)9)7-3-8;3-2(4,5)1(6)7/h2-3H,1H3,(H2,6,9);(H,6,7). The molecule has 17 heavy (non-hydrogen) atoms. The fraction of sp³-hybridized carbons (Fsp3) is 0.286. The van der Waals surface area contributed by atoms with Gasteiger partial charge in [0.15, 0.2) is 0 Å². The fourth-order valence-electron chi connectivity index (χ4n) is 0.533. The van der Waals surface area contributed by atoms with Gasteiger partial charge in [-0.25, -0.2) is 9.78 Å². The van der Waals surface area contributed by atoms with Gasteiger partial charge in [0, 0.05) is 12.5 Å². The largest absolute Gasteiger partial charge is 0.490 e. The van der Waals surface area contributed by atoms with Crippen LogP contribution in [0.4, 0.5) is 13.2 Å². The number of amides is 1. The number of nitrogens with two attached hydrogens (primary N) is 1. The molecule has 0 saturated heterocycles. The van der Waals surface area contributed by atoms with Gasteiger partial charge in [0.25, 0.3) is 5.91 Å². The van der Waals surface area contributed by atoms with E-state index < -0.39 is 18.1 Å². The molecule has 0 saturated carbocycles. The Bertz CT molecular complexity index is 405. The number of nitrogens with zero attached hydrogens (tertiary/aromatic N) is 2. The Balaban J connectivity index is 0.000000325. The van der Waals surface area contributed by atoms with Gasteiger partial charge in [-0.3, -0.25) is 8.77 Å². The number of aliphatic carboxylic acids is 1. The number of carboxylic acid groups (broad SMARTS) is 1. The van der Waals surface area contributed by atoms with Gasteiger partial charge in [-0.05, 0) is 11.9 Å². The van der Waals surface area contributed by atoms with E-state index in [1.165, 1.54) is 11.9 Å². The van der Waals surface area contributed by atoms with E-state index in [2.05, 4.69) is 4.98 Å². The van der Waals surface area contributed by atoms with Crippen molar-refractivity contribution in [3.63, 3.8) is 0 Å². The van der Waals surface area contributed by atoms with Crippen LogP contribution in [0.1, 0.15) is 10.5 Å². The number of carboxylic acids is 1. The van der Waals surface area contributed by atoms with Crippen molar-refractivity contribution >= 4 is 23.8 Å². The quantitative estimate of drug-likeness (QED) is 0.826. The van der Waals surface area contributed by atoms with Crippen LogP contribution in [-0.2, 0) is 4.79 Å². The molecular weight excluding hydrogens is 263 g/mol. The van der Waals surface area contributed by atoms with Crippen LogP contribution in [0.5, 0.6) is 0 Å². The van der Waals surface area contributed by atoms with Crippen molar-refractivity contribution in [2.45, 2.75) is 6.18 Å². The summed E-state index contributed by atoms with van der Waals surface area (Å²) < 4.78 is 33.4. The summed E-state index contributed by atoms with van der Waals surface area (Å²) in [7, 11) is 0. The number of alkyl halides is 3. The minimum absolute atomic E-state index is 0.300. The summed E-state index contributed by atoms with van der Waals surface area (Å²) in [5.74, 6) is -3.25. The molecule has 1 aromatic rings. The Labute approximate surface area is 97.7 Å². The molecule has 0 aliphatic carbocycles. The lowest BCUT2D eigenvalue weighted by atomic mass is 10.5. The zero-order valence-corrected chi connectivity index (χ0v) is 9.25. The maximum absolute atomic E-state index is 10.6. The Morgan fingerprint density at radius 1 is 1.53 bits per heavy atom. The summed E-state index contributed by atoms with van der Waals surface area (Å²) in [5.41, 5.74) is 5.26. The number of hydrogen-bond donors (Lipinski definition) is 2. The normalized spacial score (nSPS) is 10.4. The smallest absolute Gasteiger partial charge is 0.475 e. The topological polar surface area (TPSA) is 98.2 Å². The molecule has 0 bridgehead atoms. The molecule has 0 spiro atoms. The number of rotatable bonds is 2. The zero-order chi connectivity index (χ0) is 13.6. The number of hydrogen-bond acceptors (Lipinski definition) is 4. The molecule has 0 radical (unpaired) electrons. The minimum atomic E-state index is -5.08. The highest BCUT2D eigenvalue weighted by Crippen LogP contribution is 2.13. The van der Waals surface area contributed by atoms with Crippen LogP contribution in [0.3, 0.4) is 0 Å². The highest BCUT2D eigenvalue weighted by Gasteiger charge is 2.38. The molecule has 0 aromatic carbocycles. The molecule has 0 aliphatic heterocycles. The van der Waals surface area contributed by atoms with E-state index >= 15 is 0 Å². The fourth-order valence-corrected chi connectivity index (χ4v) is 0.880. The van der Waals surface area contributed by atoms with E-state index in [4.69, 9.17) is 15.6 Å². The molecule has 6 nitrogen and oxygen atoms in total. The summed E-state index contributed by atoms with van der Waals surface area (Å²) >= 11 is 1.45. The number of carbonyl (C=O) groups excluding carboxylic acids is 1. The molecule has 0 atom stereocenters. The van der Waals surface area contributed by atoms with Gasteiger partial charge in [-0.15, -0.1) is 0 Å². The van der Waals surface area contributed by atoms with E-state index in [1.54, 1.807) is 16.5 Å². The van der Waals surface area contributed by atoms with Crippen LogP contribution in [0.15, 0.2) is 12.5 Å². The van der Waals surface area contributed by atoms with E-state index in [0.717, 1.165) is 0 Å². The summed E-state index contributed by atoms with van der Waals surface area (Å²) in [6.07, 6.45) is -0.0653. The predicted octanol–water partition coefficient (Wildman–Crippen LogP) is 0.741. The van der Waals surface area contributed by atoms with Gasteiger partial charge < -0.3 is 10.8 Å². The van der Waals surface area contributed by atoms with Gasteiger partial charge in [-0.2, -0.15) is 13.2 Å². The van der Waals surface area contributed by atoms with Crippen molar-refractivity contribution < 1.29 is 27.9 Å². The van der Waals surface area contributed by atoms with Crippen LogP contribution in [-0.4, -0.2) is 38.4 Å². The maximum atomic E-state index is 10.6. The Hall–Kier alpha value is -1.71. The summed E-state index contributed by atoms with van der Waals surface area (Å²) in [5, 5.41) is 7.12. The molecule has 1 heterocycles. The van der Waals surface area contributed by atoms with E-state index in [-0.39, 0.29) is 0 Å². The van der Waals surface area contributed by atoms with Crippen molar-refractivity contribution in [1.29, 1.82) is 0 Å². The average Bonchev–Trinajstić information content (AvgIpc) is 2.65. The molecule has 1 amide bonds. The van der Waals surface area contributed by atoms with Crippen LogP contribution in [0.25, 0.3) is 0 Å². The second-order valence-corrected chi connectivity index (χ2v) is 3.26. The predicted molar refractivity (Wildman–Crippen MR) is 53.3 cm³/mol. The second-order valence-electron chi connectivity index (χ2n) is 2.47. The number of aromatic nitrogens is 2. The molecule has 0 unspecified atom stereocenters. The third kappa shape index (κ3) is 5.80. The lowest BCUT2D eigenvalue weighted by molar-refractivity contribution is -0.192. The first-order valence-electron chi connectivity index (χ1n) is 3.87. The molecule has 1 rings (SSSR count). The van der Waals surface area contributed by atoms with E-state index in [9.17, 15) is 18.0 Å². The molecule has 10 heteroatoms. The lowest BCUT2D eigenvalue weighted by Gasteiger charge is -1.93. The lowest BCUT2D eigenvalue weighted by Crippen LogP contribution is -2.21. The third-order valence-electron chi connectivity index (χ3n) is 1.27. The van der Waals surface area contributed by atoms with Gasteiger partial charge in [0.1, 0.15) is 12.0 Å². The molecule has 3 N–H and O–H groups in total. The SMILES string of the molecule is CSn1cnc(C(N)=O)c1.O=C(O)C(F)(F)F. The first-order chi connectivity index (χ1) is 7.68. The molecule has 0 fully saturated rings. The average molecular weight is 271 g/mol. The molecule has 96 valence electrons. The van der Waals surface area contributed by atoms with Crippen molar-refractivity contribution in [2.75, 3.05) is 6.26 Å². The van der Waals surface area contributed by atoms with E-state index in [0.29, 0.717) is 5.69 Å². The van der Waals surface area contributed by atoms with Crippen LogP contribution < -0.4 is 5.73 Å². The summed E-state index contributed by atoms with van der Waals surface area (Å²) in [6, 6.07) is 0. The highest BCUT2D eigenvalue weighted by atomic mass is 32.2. The van der Waals surface area contributed by atoms with Gasteiger partial charge in [0.05, 0.1) is 0 Å². The summed E-state index contributed by atoms with van der Waals surface area (Å²) in [6.45, 7) is 0. The van der Waals surface area contributed by atoms with Gasteiger partial charge >= 0.3 is 12.1 Å². The molecular formula is C7H8F3N3O3S. The van der Waals surface area contributed by atoms with E-state index in [1.807, 2.05) is 6.26 Å².